The molecule has 0 spiro atoms. The highest BCUT2D eigenvalue weighted by molar-refractivity contribution is 6.10. The molecular formula is C24H28N2O2. The van der Waals surface area contributed by atoms with Gasteiger partial charge in [0.05, 0.1) is 0 Å². The van der Waals surface area contributed by atoms with Gasteiger partial charge in [-0.3, -0.25) is 4.79 Å². The van der Waals surface area contributed by atoms with E-state index in [4.69, 9.17) is 10.2 Å². The van der Waals surface area contributed by atoms with Crippen molar-refractivity contribution in [3.05, 3.63) is 64.7 Å². The van der Waals surface area contributed by atoms with Gasteiger partial charge < -0.3 is 15.1 Å². The van der Waals surface area contributed by atoms with Gasteiger partial charge in [-0.15, -0.1) is 0 Å². The summed E-state index contributed by atoms with van der Waals surface area (Å²) in [6, 6.07) is 13.6. The minimum Gasteiger partial charge on any atom is -0.441 e. The Balaban J connectivity index is 1.67. The van der Waals surface area contributed by atoms with Crippen LogP contribution < -0.4 is 5.73 Å². The van der Waals surface area contributed by atoms with Crippen LogP contribution in [-0.4, -0.2) is 30.3 Å². The zero-order valence-corrected chi connectivity index (χ0v) is 16.7. The quantitative estimate of drug-likeness (QED) is 0.636. The largest absolute Gasteiger partial charge is 0.441 e. The van der Waals surface area contributed by atoms with Crippen molar-refractivity contribution in [3.8, 4) is 0 Å². The van der Waals surface area contributed by atoms with Gasteiger partial charge in [-0.1, -0.05) is 38.1 Å². The third-order valence-electron chi connectivity index (χ3n) is 6.08. The second-order valence-electron chi connectivity index (χ2n) is 7.68. The molecule has 0 amide bonds. The first-order valence-electron chi connectivity index (χ1n) is 10.3. The van der Waals surface area contributed by atoms with Crippen molar-refractivity contribution in [2.24, 2.45) is 0 Å². The highest BCUT2D eigenvalue weighted by atomic mass is 16.3. The first kappa shape index (κ1) is 18.8. The highest BCUT2D eigenvalue weighted by Gasteiger charge is 2.26. The summed E-state index contributed by atoms with van der Waals surface area (Å²) in [5.74, 6) is 0.927. The number of benzene rings is 2. The smallest absolute Gasteiger partial charge is 0.195 e. The van der Waals surface area contributed by atoms with Crippen LogP contribution in [0.2, 0.25) is 0 Å². The molecule has 0 atom stereocenters. The molecule has 1 aliphatic rings. The number of fused-ring (bicyclic) bond motifs is 1. The second kappa shape index (κ2) is 7.80. The molecule has 1 aromatic heterocycles. The van der Waals surface area contributed by atoms with E-state index in [2.05, 4.69) is 18.7 Å². The summed E-state index contributed by atoms with van der Waals surface area (Å²) in [6.07, 6.45) is 3.11. The van der Waals surface area contributed by atoms with E-state index >= 15 is 0 Å². The number of hydrogen-bond donors (Lipinski definition) is 1. The maximum atomic E-state index is 13.0. The molecule has 0 radical (unpaired) electrons. The maximum Gasteiger partial charge on any atom is 0.195 e. The van der Waals surface area contributed by atoms with Crippen molar-refractivity contribution in [3.63, 3.8) is 0 Å². The molecule has 2 N–H and O–H groups in total. The lowest BCUT2D eigenvalue weighted by Crippen LogP contribution is -2.32. The van der Waals surface area contributed by atoms with Crippen LogP contribution in [0.5, 0.6) is 0 Å². The lowest BCUT2D eigenvalue weighted by atomic mass is 9.88. The Morgan fingerprint density at radius 2 is 1.75 bits per heavy atom. The molecule has 28 heavy (non-hydrogen) atoms. The van der Waals surface area contributed by atoms with Gasteiger partial charge in [0.2, 0.25) is 0 Å². The van der Waals surface area contributed by atoms with E-state index in [9.17, 15) is 4.79 Å². The molecule has 0 saturated carbocycles. The third kappa shape index (κ3) is 3.45. The van der Waals surface area contributed by atoms with Crippen molar-refractivity contribution in [1.82, 2.24) is 4.90 Å². The molecule has 4 nitrogen and oxygen atoms in total. The lowest BCUT2D eigenvalue weighted by Gasteiger charge is -2.30. The molecule has 146 valence electrons. The summed E-state index contributed by atoms with van der Waals surface area (Å²) in [4.78, 5) is 15.5. The SMILES string of the molecule is CCc1ccc(C(=O)c2ccc3oc(N)c(C4CCN(CC)CC4)c3c2)cc1. The third-order valence-corrected chi connectivity index (χ3v) is 6.08. The van der Waals surface area contributed by atoms with Gasteiger partial charge >= 0.3 is 0 Å². The molecule has 2 heterocycles. The molecule has 2 aromatic carbocycles. The predicted octanol–water partition coefficient (Wildman–Crippen LogP) is 5.01. The van der Waals surface area contributed by atoms with Crippen molar-refractivity contribution in [2.75, 3.05) is 25.4 Å². The van der Waals surface area contributed by atoms with Crippen LogP contribution in [0.1, 0.15) is 59.7 Å². The lowest BCUT2D eigenvalue weighted by molar-refractivity contribution is 0.103. The fourth-order valence-electron chi connectivity index (χ4n) is 4.29. The molecule has 0 bridgehead atoms. The highest BCUT2D eigenvalue weighted by Crippen LogP contribution is 2.39. The number of rotatable bonds is 5. The summed E-state index contributed by atoms with van der Waals surface area (Å²) in [5.41, 5.74) is 10.7. The van der Waals surface area contributed by atoms with E-state index in [1.165, 1.54) is 5.56 Å². The number of carbonyl (C=O) groups is 1. The van der Waals surface area contributed by atoms with E-state index in [1.807, 2.05) is 42.5 Å². The molecular weight excluding hydrogens is 348 g/mol. The molecule has 0 aliphatic carbocycles. The minimum absolute atomic E-state index is 0.0380. The van der Waals surface area contributed by atoms with Crippen molar-refractivity contribution in [1.29, 1.82) is 0 Å². The number of anilines is 1. The topological polar surface area (TPSA) is 59.5 Å². The van der Waals surface area contributed by atoms with Gasteiger partial charge in [-0.2, -0.15) is 0 Å². The number of aryl methyl sites for hydroxylation is 1. The summed E-state index contributed by atoms with van der Waals surface area (Å²) < 4.78 is 5.83. The summed E-state index contributed by atoms with van der Waals surface area (Å²) in [5, 5.41) is 0.989. The van der Waals surface area contributed by atoms with Gasteiger partial charge in [0.25, 0.3) is 0 Å². The summed E-state index contributed by atoms with van der Waals surface area (Å²) in [7, 11) is 0. The van der Waals surface area contributed by atoms with Crippen molar-refractivity contribution >= 4 is 22.6 Å². The number of nitrogens with two attached hydrogens (primary N) is 1. The molecule has 1 saturated heterocycles. The molecule has 1 fully saturated rings. The number of furan rings is 1. The van der Waals surface area contributed by atoms with Crippen LogP contribution in [0.3, 0.4) is 0 Å². The Kier molecular flexibility index (Phi) is 5.23. The van der Waals surface area contributed by atoms with E-state index in [0.717, 1.165) is 55.4 Å². The number of ketones is 1. The average Bonchev–Trinajstić information content (AvgIpc) is 3.08. The zero-order valence-electron chi connectivity index (χ0n) is 16.7. The molecule has 1 aliphatic heterocycles. The van der Waals surface area contributed by atoms with E-state index < -0.39 is 0 Å². The van der Waals surface area contributed by atoms with Gasteiger partial charge in [-0.05, 0) is 68.6 Å². The Labute approximate surface area is 166 Å². The number of nitrogens with zero attached hydrogens (tertiary/aromatic N) is 1. The van der Waals surface area contributed by atoms with Crippen LogP contribution in [0, 0.1) is 0 Å². The predicted molar refractivity (Wildman–Crippen MR) is 114 cm³/mol. The Morgan fingerprint density at radius 3 is 2.39 bits per heavy atom. The minimum atomic E-state index is 0.0380. The standard InChI is InChI=1S/C24H28N2O2/c1-3-16-5-7-18(8-6-16)23(27)19-9-10-21-20(15-19)22(24(25)28-21)17-11-13-26(4-2)14-12-17/h5-10,15,17H,3-4,11-14,25H2,1-2H3. The Hall–Kier alpha value is -2.59. The summed E-state index contributed by atoms with van der Waals surface area (Å²) >= 11 is 0. The first-order chi connectivity index (χ1) is 13.6. The normalized spacial score (nSPS) is 15.9. The van der Waals surface area contributed by atoms with E-state index in [-0.39, 0.29) is 5.78 Å². The molecule has 4 heteroatoms. The van der Waals surface area contributed by atoms with Gasteiger partial charge in [-0.25, -0.2) is 0 Å². The van der Waals surface area contributed by atoms with Crippen LogP contribution in [-0.2, 0) is 6.42 Å². The van der Waals surface area contributed by atoms with Crippen molar-refractivity contribution < 1.29 is 9.21 Å². The van der Waals surface area contributed by atoms with Gasteiger partial charge in [0.15, 0.2) is 11.7 Å². The van der Waals surface area contributed by atoms with Gasteiger partial charge in [0.1, 0.15) is 5.58 Å². The van der Waals surface area contributed by atoms with Crippen LogP contribution in [0.4, 0.5) is 5.88 Å². The van der Waals surface area contributed by atoms with Crippen molar-refractivity contribution in [2.45, 2.75) is 39.0 Å². The van der Waals surface area contributed by atoms with Crippen LogP contribution in [0.25, 0.3) is 11.0 Å². The Bertz CT molecular complexity index is 980. The maximum absolute atomic E-state index is 13.0. The second-order valence-corrected chi connectivity index (χ2v) is 7.68. The summed E-state index contributed by atoms with van der Waals surface area (Å²) in [6.45, 7) is 7.56. The van der Waals surface area contributed by atoms with Crippen LogP contribution in [0.15, 0.2) is 46.9 Å². The number of hydrogen-bond acceptors (Lipinski definition) is 4. The fourth-order valence-corrected chi connectivity index (χ4v) is 4.29. The number of piperidine rings is 1. The van der Waals surface area contributed by atoms with Crippen LogP contribution >= 0.6 is 0 Å². The number of nitrogen functional groups attached to an aromatic ring is 1. The Morgan fingerprint density at radius 1 is 1.07 bits per heavy atom. The monoisotopic (exact) mass is 376 g/mol. The first-order valence-corrected chi connectivity index (χ1v) is 10.3. The molecule has 0 unspecified atom stereocenters. The zero-order chi connectivity index (χ0) is 19.7. The fraction of sp³-hybridized carbons (Fsp3) is 0.375. The van der Waals surface area contributed by atoms with Gasteiger partial charge in [0, 0.05) is 22.1 Å². The molecule has 4 rings (SSSR count). The van der Waals surface area contributed by atoms with E-state index in [1.54, 1.807) is 0 Å². The average molecular weight is 377 g/mol. The molecule has 3 aromatic rings. The number of likely N-dealkylation sites (tertiary alicyclic amines) is 1. The van der Waals surface area contributed by atoms with E-state index in [0.29, 0.717) is 22.9 Å². The number of carbonyl (C=O) groups excluding carboxylic acids is 1.